The van der Waals surface area contributed by atoms with Crippen LogP contribution in [0.5, 0.6) is 0 Å². The number of nitrogens with zero attached hydrogens (tertiary/aromatic N) is 2. The average Bonchev–Trinajstić information content (AvgIpc) is 2.93. The first kappa shape index (κ1) is 12.8. The van der Waals surface area contributed by atoms with E-state index in [0.29, 0.717) is 6.54 Å². The van der Waals surface area contributed by atoms with Crippen molar-refractivity contribution in [2.45, 2.75) is 36.3 Å². The van der Waals surface area contributed by atoms with E-state index >= 15 is 0 Å². The summed E-state index contributed by atoms with van der Waals surface area (Å²) in [6, 6.07) is 2.21. The van der Waals surface area contributed by atoms with E-state index in [1.807, 2.05) is 6.07 Å². The predicted octanol–water partition coefficient (Wildman–Crippen LogP) is 2.69. The number of hydrogen-bond donors (Lipinski definition) is 0. The molecular weight excluding hydrogens is 273 g/mol. The third-order valence-electron chi connectivity index (χ3n) is 2.32. The Labute approximate surface area is 95.2 Å². The summed E-state index contributed by atoms with van der Waals surface area (Å²) in [5, 5.41) is 8.40. The molecule has 1 unspecified atom stereocenters. The molecule has 1 rings (SSSR count). The molecule has 1 aliphatic carbocycles. The lowest BCUT2D eigenvalue weighted by atomic mass is 10.3. The molecular formula is C9H12BrF3N2. The first-order chi connectivity index (χ1) is 6.95. The molecule has 6 heteroatoms. The van der Waals surface area contributed by atoms with Gasteiger partial charge in [-0.3, -0.25) is 4.90 Å². The molecule has 0 aromatic heterocycles. The Kier molecular flexibility index (Phi) is 4.41. The summed E-state index contributed by atoms with van der Waals surface area (Å²) in [5.74, 6) is 0. The summed E-state index contributed by atoms with van der Waals surface area (Å²) >= 11 is 2.64. The predicted molar refractivity (Wildman–Crippen MR) is 53.6 cm³/mol. The van der Waals surface area contributed by atoms with Crippen molar-refractivity contribution in [3.63, 3.8) is 0 Å². The van der Waals surface area contributed by atoms with Gasteiger partial charge in [0.25, 0.3) is 0 Å². The molecule has 0 aromatic rings. The zero-order valence-corrected chi connectivity index (χ0v) is 9.68. The molecule has 0 N–H and O–H groups in total. The Hall–Kier alpha value is -0.280. The molecule has 0 saturated heterocycles. The topological polar surface area (TPSA) is 27.0 Å². The minimum atomic E-state index is -4.21. The first-order valence-electron chi connectivity index (χ1n) is 4.77. The fraction of sp³-hybridized carbons (Fsp3) is 0.889. The summed E-state index contributed by atoms with van der Waals surface area (Å²) in [7, 11) is 0. The average molecular weight is 285 g/mol. The summed E-state index contributed by atoms with van der Waals surface area (Å²) < 4.78 is 36.8. The standard InChI is InChI=1S/C9H12BrF3N2/c10-8(9(11,12)13)6-15(5-1-4-14)7-2-3-7/h7-8H,1-3,5-6H2. The summed E-state index contributed by atoms with van der Waals surface area (Å²) in [4.78, 5) is 0.250. The Morgan fingerprint density at radius 2 is 2.07 bits per heavy atom. The van der Waals surface area contributed by atoms with Gasteiger partial charge in [-0.05, 0) is 12.8 Å². The molecule has 0 radical (unpaired) electrons. The van der Waals surface area contributed by atoms with E-state index in [0.717, 1.165) is 12.8 Å². The minimum absolute atomic E-state index is 0.0597. The molecule has 1 saturated carbocycles. The summed E-state index contributed by atoms with van der Waals surface area (Å²) in [6.45, 7) is 0.370. The van der Waals surface area contributed by atoms with Crippen LogP contribution in [0.2, 0.25) is 0 Å². The van der Waals surface area contributed by atoms with Gasteiger partial charge in [0, 0.05) is 25.6 Å². The molecule has 2 nitrogen and oxygen atoms in total. The molecule has 0 bridgehead atoms. The smallest absolute Gasteiger partial charge is 0.298 e. The highest BCUT2D eigenvalue weighted by molar-refractivity contribution is 9.09. The number of rotatable bonds is 5. The van der Waals surface area contributed by atoms with E-state index < -0.39 is 11.0 Å². The minimum Gasteiger partial charge on any atom is -0.298 e. The van der Waals surface area contributed by atoms with E-state index in [1.165, 1.54) is 0 Å². The quantitative estimate of drug-likeness (QED) is 0.726. The van der Waals surface area contributed by atoms with Gasteiger partial charge in [-0.25, -0.2) is 0 Å². The third-order valence-corrected chi connectivity index (χ3v) is 3.13. The van der Waals surface area contributed by atoms with Crippen molar-refractivity contribution in [3.8, 4) is 6.07 Å². The molecule has 86 valence electrons. The number of hydrogen-bond acceptors (Lipinski definition) is 2. The van der Waals surface area contributed by atoms with Crippen LogP contribution in [0.25, 0.3) is 0 Å². The highest BCUT2D eigenvalue weighted by atomic mass is 79.9. The lowest BCUT2D eigenvalue weighted by molar-refractivity contribution is -0.130. The van der Waals surface area contributed by atoms with Crippen LogP contribution in [-0.2, 0) is 0 Å². The van der Waals surface area contributed by atoms with E-state index in [1.54, 1.807) is 4.90 Å². The lowest BCUT2D eigenvalue weighted by Crippen LogP contribution is -2.39. The first-order valence-corrected chi connectivity index (χ1v) is 5.68. The van der Waals surface area contributed by atoms with Crippen LogP contribution in [0.3, 0.4) is 0 Å². The maximum absolute atomic E-state index is 12.3. The van der Waals surface area contributed by atoms with Crippen LogP contribution in [0, 0.1) is 11.3 Å². The van der Waals surface area contributed by atoms with E-state index in [9.17, 15) is 13.2 Å². The van der Waals surface area contributed by atoms with Crippen molar-refractivity contribution in [2.24, 2.45) is 0 Å². The van der Waals surface area contributed by atoms with Crippen molar-refractivity contribution in [1.29, 1.82) is 5.26 Å². The van der Waals surface area contributed by atoms with Crippen molar-refractivity contribution >= 4 is 15.9 Å². The van der Waals surface area contributed by atoms with E-state index in [2.05, 4.69) is 15.9 Å². The number of halogens is 4. The van der Waals surface area contributed by atoms with Crippen LogP contribution in [0.15, 0.2) is 0 Å². The molecule has 0 aromatic carbocycles. The van der Waals surface area contributed by atoms with Crippen LogP contribution >= 0.6 is 15.9 Å². The largest absolute Gasteiger partial charge is 0.402 e. The van der Waals surface area contributed by atoms with Crippen molar-refractivity contribution < 1.29 is 13.2 Å². The van der Waals surface area contributed by atoms with Crippen LogP contribution in [-0.4, -0.2) is 35.0 Å². The number of alkyl halides is 4. The van der Waals surface area contributed by atoms with E-state index in [-0.39, 0.29) is 19.0 Å². The monoisotopic (exact) mass is 284 g/mol. The number of nitriles is 1. The van der Waals surface area contributed by atoms with Crippen molar-refractivity contribution in [2.75, 3.05) is 13.1 Å². The molecule has 1 aliphatic rings. The SMILES string of the molecule is N#CCCN(CC(Br)C(F)(F)F)C1CC1. The second kappa shape index (κ2) is 5.17. The summed E-state index contributed by atoms with van der Waals surface area (Å²) in [6.07, 6.45) is -2.03. The van der Waals surface area contributed by atoms with Crippen molar-refractivity contribution in [3.05, 3.63) is 0 Å². The molecule has 0 aliphatic heterocycles. The second-order valence-corrected chi connectivity index (χ2v) is 4.75. The zero-order valence-electron chi connectivity index (χ0n) is 8.10. The molecule has 0 amide bonds. The fourth-order valence-electron chi connectivity index (χ4n) is 1.37. The second-order valence-electron chi connectivity index (χ2n) is 3.64. The Morgan fingerprint density at radius 1 is 1.47 bits per heavy atom. The third kappa shape index (κ3) is 4.39. The van der Waals surface area contributed by atoms with Crippen LogP contribution < -0.4 is 0 Å². The van der Waals surface area contributed by atoms with Crippen LogP contribution in [0.4, 0.5) is 13.2 Å². The molecule has 1 fully saturated rings. The molecule has 1 atom stereocenters. The van der Waals surface area contributed by atoms with E-state index in [4.69, 9.17) is 5.26 Å². The summed E-state index contributed by atoms with van der Waals surface area (Å²) in [5.41, 5.74) is 0. The fourth-order valence-corrected chi connectivity index (χ4v) is 1.74. The Morgan fingerprint density at radius 3 is 2.47 bits per heavy atom. The van der Waals surface area contributed by atoms with Gasteiger partial charge in [-0.15, -0.1) is 0 Å². The van der Waals surface area contributed by atoms with Gasteiger partial charge >= 0.3 is 6.18 Å². The van der Waals surface area contributed by atoms with Gasteiger partial charge in [0.1, 0.15) is 4.83 Å². The normalized spacial score (nSPS) is 18.9. The zero-order chi connectivity index (χ0) is 11.5. The molecule has 0 spiro atoms. The van der Waals surface area contributed by atoms with Gasteiger partial charge in [0.2, 0.25) is 0 Å². The Bertz CT molecular complexity index is 245. The molecule has 15 heavy (non-hydrogen) atoms. The van der Waals surface area contributed by atoms with Gasteiger partial charge in [0.15, 0.2) is 0 Å². The lowest BCUT2D eigenvalue weighted by Gasteiger charge is -2.24. The maximum Gasteiger partial charge on any atom is 0.402 e. The van der Waals surface area contributed by atoms with Gasteiger partial charge in [-0.2, -0.15) is 18.4 Å². The maximum atomic E-state index is 12.3. The molecule has 0 heterocycles. The Balaban J connectivity index is 2.40. The van der Waals surface area contributed by atoms with Crippen molar-refractivity contribution in [1.82, 2.24) is 4.90 Å². The highest BCUT2D eigenvalue weighted by Crippen LogP contribution is 2.32. The van der Waals surface area contributed by atoms with Gasteiger partial charge in [0.05, 0.1) is 6.07 Å². The van der Waals surface area contributed by atoms with Gasteiger partial charge in [-0.1, -0.05) is 15.9 Å². The highest BCUT2D eigenvalue weighted by Gasteiger charge is 2.41. The van der Waals surface area contributed by atoms with Gasteiger partial charge < -0.3 is 0 Å². The van der Waals surface area contributed by atoms with Crippen LogP contribution in [0.1, 0.15) is 19.3 Å².